The first-order valence-electron chi connectivity index (χ1n) is 8.91. The summed E-state index contributed by atoms with van der Waals surface area (Å²) in [5.41, 5.74) is 6.91. The Morgan fingerprint density at radius 2 is 2.00 bits per heavy atom. The number of aromatic nitrogens is 2. The van der Waals surface area contributed by atoms with Crippen LogP contribution in [0.2, 0.25) is 0 Å². The second-order valence-electron chi connectivity index (χ2n) is 6.05. The van der Waals surface area contributed by atoms with E-state index < -0.39 is 0 Å². The second-order valence-corrected chi connectivity index (χ2v) is 6.05. The molecule has 0 saturated heterocycles. The molecule has 7 nitrogen and oxygen atoms in total. The third-order valence-electron chi connectivity index (χ3n) is 4.00. The van der Waals surface area contributed by atoms with Crippen molar-refractivity contribution in [3.8, 4) is 11.5 Å². The van der Waals surface area contributed by atoms with E-state index >= 15 is 0 Å². The van der Waals surface area contributed by atoms with Crippen LogP contribution in [-0.4, -0.2) is 41.4 Å². The van der Waals surface area contributed by atoms with Crippen LogP contribution in [0.3, 0.4) is 0 Å². The number of aliphatic hydroxyl groups excluding tert-OH is 1. The highest BCUT2D eigenvalue weighted by molar-refractivity contribution is 7.59. The van der Waals surface area contributed by atoms with Gasteiger partial charge in [-0.3, -0.25) is 0 Å². The average molecular weight is 395 g/mol. The molecule has 0 amide bonds. The maximum atomic E-state index is 9.47. The lowest BCUT2D eigenvalue weighted by molar-refractivity contribution is 0.267. The van der Waals surface area contributed by atoms with Crippen LogP contribution in [0.5, 0.6) is 11.5 Å². The molecule has 27 heavy (non-hydrogen) atoms. The molecule has 4 N–H and O–H groups in total. The summed E-state index contributed by atoms with van der Waals surface area (Å²) < 4.78 is 11.0. The highest BCUT2D eigenvalue weighted by Crippen LogP contribution is 2.23. The molecule has 8 heteroatoms. The van der Waals surface area contributed by atoms with Crippen LogP contribution in [0.1, 0.15) is 31.7 Å². The minimum atomic E-state index is -0.0871. The van der Waals surface area contributed by atoms with Gasteiger partial charge in [-0.15, -0.1) is 0 Å². The molecular formula is C19H30N4O3S. The van der Waals surface area contributed by atoms with Gasteiger partial charge in [-0.1, -0.05) is 25.5 Å². The van der Waals surface area contributed by atoms with Crippen LogP contribution >= 0.6 is 13.5 Å². The number of nitrogens with one attached hydrogen (secondary N) is 1. The Balaban J connectivity index is 0.00000364. The number of aryl methyl sites for hydroxylation is 1. The number of rotatable bonds is 11. The highest BCUT2D eigenvalue weighted by atomic mass is 32.1. The van der Waals surface area contributed by atoms with E-state index in [9.17, 15) is 5.11 Å². The van der Waals surface area contributed by atoms with Crippen molar-refractivity contribution in [3.63, 3.8) is 0 Å². The number of anilines is 2. The Morgan fingerprint density at radius 1 is 1.26 bits per heavy atom. The largest absolute Gasteiger partial charge is 0.497 e. The number of nitrogens with zero attached hydrogens (tertiary/aromatic N) is 2. The van der Waals surface area contributed by atoms with E-state index in [-0.39, 0.29) is 32.1 Å². The molecule has 0 spiro atoms. The number of nitrogens with two attached hydrogens (primary N) is 1. The molecule has 0 aliphatic rings. The summed E-state index contributed by atoms with van der Waals surface area (Å²) in [4.78, 5) is 8.20. The van der Waals surface area contributed by atoms with Gasteiger partial charge in [0, 0.05) is 0 Å². The molecule has 0 unspecified atom stereocenters. The van der Waals surface area contributed by atoms with Gasteiger partial charge in [-0.25, -0.2) is 4.98 Å². The zero-order valence-corrected chi connectivity index (χ0v) is 16.9. The first-order chi connectivity index (χ1) is 12.7. The summed E-state index contributed by atoms with van der Waals surface area (Å²) in [5.74, 6) is 2.09. The first-order valence-corrected chi connectivity index (χ1v) is 8.91. The minimum absolute atomic E-state index is 0. The summed E-state index contributed by atoms with van der Waals surface area (Å²) in [6, 6.07) is 7.92. The molecule has 0 fully saturated rings. The van der Waals surface area contributed by atoms with Crippen LogP contribution in [-0.2, 0) is 6.42 Å². The van der Waals surface area contributed by atoms with Crippen molar-refractivity contribution < 1.29 is 14.6 Å². The third-order valence-corrected chi connectivity index (χ3v) is 4.00. The van der Waals surface area contributed by atoms with Gasteiger partial charge in [-0.05, 0) is 37.0 Å². The van der Waals surface area contributed by atoms with Crippen LogP contribution < -0.4 is 20.5 Å². The van der Waals surface area contributed by atoms with Gasteiger partial charge in [0.05, 0.1) is 32.6 Å². The Morgan fingerprint density at radius 3 is 2.63 bits per heavy atom. The van der Waals surface area contributed by atoms with Gasteiger partial charge >= 0.3 is 0 Å². The van der Waals surface area contributed by atoms with Gasteiger partial charge < -0.3 is 25.6 Å². The Labute approximate surface area is 167 Å². The molecule has 150 valence electrons. The number of benzene rings is 1. The van der Waals surface area contributed by atoms with E-state index in [0.29, 0.717) is 18.2 Å². The Hall–Kier alpha value is -2.19. The Kier molecular flexibility index (Phi) is 10.4. The molecule has 1 heterocycles. The van der Waals surface area contributed by atoms with Crippen molar-refractivity contribution in [2.45, 2.75) is 38.6 Å². The van der Waals surface area contributed by atoms with Gasteiger partial charge in [0.2, 0.25) is 5.95 Å². The topological polar surface area (TPSA) is 103 Å². The molecule has 1 aromatic heterocycles. The summed E-state index contributed by atoms with van der Waals surface area (Å²) in [5, 5.41) is 12.7. The average Bonchev–Trinajstić information content (AvgIpc) is 2.66. The van der Waals surface area contributed by atoms with Crippen LogP contribution in [0.15, 0.2) is 30.5 Å². The van der Waals surface area contributed by atoms with E-state index in [1.807, 2.05) is 12.1 Å². The molecular weight excluding hydrogens is 364 g/mol. The van der Waals surface area contributed by atoms with E-state index in [4.69, 9.17) is 15.2 Å². The fourth-order valence-electron chi connectivity index (χ4n) is 2.59. The summed E-state index contributed by atoms with van der Waals surface area (Å²) in [7, 11) is 1.66. The SMILES string of the molecule is CCC[C@@H](CO)Nc1nc(N)ncc1OCCCc1ccc(OC)cc1.S. The van der Waals surface area contributed by atoms with Gasteiger partial charge in [0.25, 0.3) is 0 Å². The van der Waals surface area contributed by atoms with Crippen molar-refractivity contribution in [1.82, 2.24) is 9.97 Å². The quantitative estimate of drug-likeness (QED) is 0.504. The monoisotopic (exact) mass is 394 g/mol. The predicted molar refractivity (Wildman–Crippen MR) is 113 cm³/mol. The summed E-state index contributed by atoms with van der Waals surface area (Å²) in [6.07, 6.45) is 5.11. The minimum Gasteiger partial charge on any atom is -0.497 e. The molecule has 0 bridgehead atoms. The summed E-state index contributed by atoms with van der Waals surface area (Å²) in [6.45, 7) is 2.62. The van der Waals surface area contributed by atoms with Gasteiger partial charge in [0.1, 0.15) is 5.75 Å². The zero-order valence-electron chi connectivity index (χ0n) is 15.9. The fraction of sp³-hybridized carbons (Fsp3) is 0.474. The van der Waals surface area contributed by atoms with Crippen LogP contribution in [0.4, 0.5) is 11.8 Å². The molecule has 2 rings (SSSR count). The maximum absolute atomic E-state index is 9.47. The standard InChI is InChI=1S/C19H28N4O3.H2S/c1-3-5-15(13-24)22-18-17(12-21-19(20)23-18)26-11-4-6-14-7-9-16(25-2)10-8-14;/h7-10,12,15,24H,3-6,11,13H2,1-2H3,(H3,20,21,22,23);1H2/t15-;/m0./s1. The van der Waals surface area contributed by atoms with Crippen molar-refractivity contribution in [3.05, 3.63) is 36.0 Å². The van der Waals surface area contributed by atoms with E-state index in [1.54, 1.807) is 13.3 Å². The normalized spacial score (nSPS) is 11.4. The lowest BCUT2D eigenvalue weighted by Crippen LogP contribution is -2.24. The lowest BCUT2D eigenvalue weighted by atomic mass is 10.1. The molecule has 0 radical (unpaired) electrons. The predicted octanol–water partition coefficient (Wildman–Crippen LogP) is 2.76. The van der Waals surface area contributed by atoms with Gasteiger partial charge in [-0.2, -0.15) is 18.5 Å². The number of aliphatic hydroxyl groups is 1. The van der Waals surface area contributed by atoms with E-state index in [0.717, 1.165) is 31.4 Å². The molecule has 0 saturated carbocycles. The van der Waals surface area contributed by atoms with Gasteiger partial charge in [0.15, 0.2) is 11.6 Å². The van der Waals surface area contributed by atoms with E-state index in [2.05, 4.69) is 34.3 Å². The van der Waals surface area contributed by atoms with Crippen molar-refractivity contribution in [2.24, 2.45) is 0 Å². The molecule has 1 atom stereocenters. The number of nitrogen functional groups attached to an aromatic ring is 1. The zero-order chi connectivity index (χ0) is 18.8. The number of methoxy groups -OCH3 is 1. The number of hydrogen-bond donors (Lipinski definition) is 3. The lowest BCUT2D eigenvalue weighted by Gasteiger charge is -2.18. The smallest absolute Gasteiger partial charge is 0.222 e. The molecule has 2 aromatic rings. The highest BCUT2D eigenvalue weighted by Gasteiger charge is 2.13. The fourth-order valence-corrected chi connectivity index (χ4v) is 2.59. The van der Waals surface area contributed by atoms with Crippen LogP contribution in [0, 0.1) is 0 Å². The molecule has 0 aliphatic carbocycles. The second kappa shape index (κ2) is 12.2. The first kappa shape index (κ1) is 22.9. The third kappa shape index (κ3) is 7.52. The number of ether oxygens (including phenoxy) is 2. The van der Waals surface area contributed by atoms with Crippen molar-refractivity contribution in [2.75, 3.05) is 31.4 Å². The molecule has 1 aromatic carbocycles. The molecule has 0 aliphatic heterocycles. The maximum Gasteiger partial charge on any atom is 0.222 e. The van der Waals surface area contributed by atoms with E-state index in [1.165, 1.54) is 5.56 Å². The summed E-state index contributed by atoms with van der Waals surface area (Å²) >= 11 is 0. The van der Waals surface area contributed by atoms with Crippen molar-refractivity contribution >= 4 is 25.3 Å². The Bertz CT molecular complexity index is 671. The van der Waals surface area contributed by atoms with Crippen molar-refractivity contribution in [1.29, 1.82) is 0 Å². The number of hydrogen-bond acceptors (Lipinski definition) is 7. The van der Waals surface area contributed by atoms with Crippen LogP contribution in [0.25, 0.3) is 0 Å².